The number of halogens is 1. The van der Waals surface area contributed by atoms with Crippen molar-refractivity contribution < 1.29 is 14.3 Å². The maximum atomic E-state index is 12.4. The van der Waals surface area contributed by atoms with Gasteiger partial charge in [-0.1, -0.05) is 43.7 Å². The van der Waals surface area contributed by atoms with Crippen LogP contribution in [0, 0.1) is 0 Å². The largest absolute Gasteiger partial charge is 0.449 e. The van der Waals surface area contributed by atoms with E-state index in [-0.39, 0.29) is 27.5 Å². The monoisotopic (exact) mass is 420 g/mol. The van der Waals surface area contributed by atoms with Gasteiger partial charge >= 0.3 is 5.97 Å². The van der Waals surface area contributed by atoms with E-state index in [0.717, 1.165) is 18.4 Å². The third-order valence-electron chi connectivity index (χ3n) is 3.84. The first-order valence-corrected chi connectivity index (χ1v) is 9.16. The van der Waals surface area contributed by atoms with Gasteiger partial charge < -0.3 is 15.0 Å². The second kappa shape index (κ2) is 9.33. The standard InChI is InChI=1S/C19H21BrN2O4/c1-3-7-16(13-8-5-4-6-9-13)22-17(23)12(2)26-19(25)14-10-15(20)18(24)21-11-14/h4-6,8-12,16H,3,7H2,1-2H3,(H,21,24)(H,22,23)/t12-,16+/m1/s1. The maximum absolute atomic E-state index is 12.4. The predicted molar refractivity (Wildman–Crippen MR) is 102 cm³/mol. The summed E-state index contributed by atoms with van der Waals surface area (Å²) in [6.45, 7) is 3.56. The van der Waals surface area contributed by atoms with Crippen molar-refractivity contribution in [1.29, 1.82) is 0 Å². The summed E-state index contributed by atoms with van der Waals surface area (Å²) in [5, 5.41) is 2.93. The van der Waals surface area contributed by atoms with Gasteiger partial charge in [0.1, 0.15) is 0 Å². The summed E-state index contributed by atoms with van der Waals surface area (Å²) in [5.41, 5.74) is 0.813. The molecule has 0 saturated heterocycles. The fourth-order valence-corrected chi connectivity index (χ4v) is 2.80. The van der Waals surface area contributed by atoms with E-state index in [1.807, 2.05) is 37.3 Å². The molecule has 2 N–H and O–H groups in total. The molecule has 2 aromatic rings. The molecule has 0 aliphatic heterocycles. The van der Waals surface area contributed by atoms with Gasteiger partial charge in [0.05, 0.1) is 16.1 Å². The number of H-pyrrole nitrogens is 1. The highest BCUT2D eigenvalue weighted by molar-refractivity contribution is 9.10. The lowest BCUT2D eigenvalue weighted by Gasteiger charge is -2.21. The molecule has 26 heavy (non-hydrogen) atoms. The lowest BCUT2D eigenvalue weighted by molar-refractivity contribution is -0.129. The molecule has 2 rings (SSSR count). The highest BCUT2D eigenvalue weighted by atomic mass is 79.9. The third-order valence-corrected chi connectivity index (χ3v) is 4.43. The van der Waals surface area contributed by atoms with Crippen molar-refractivity contribution in [3.8, 4) is 0 Å². The number of pyridine rings is 1. The Labute approximate surface area is 160 Å². The zero-order valence-electron chi connectivity index (χ0n) is 14.6. The van der Waals surface area contributed by atoms with Crippen molar-refractivity contribution in [3.05, 3.63) is 68.5 Å². The molecule has 0 aliphatic rings. The average Bonchev–Trinajstić information content (AvgIpc) is 2.64. The van der Waals surface area contributed by atoms with Gasteiger partial charge in [-0.15, -0.1) is 0 Å². The molecule has 2 atom stereocenters. The van der Waals surface area contributed by atoms with Crippen LogP contribution in [-0.4, -0.2) is 23.0 Å². The van der Waals surface area contributed by atoms with Crippen molar-refractivity contribution >= 4 is 27.8 Å². The molecule has 138 valence electrons. The number of carbonyl (C=O) groups is 2. The number of nitrogens with one attached hydrogen (secondary N) is 2. The van der Waals surface area contributed by atoms with Crippen molar-refractivity contribution in [1.82, 2.24) is 10.3 Å². The zero-order valence-corrected chi connectivity index (χ0v) is 16.2. The number of aromatic nitrogens is 1. The van der Waals surface area contributed by atoms with Gasteiger partial charge in [-0.25, -0.2) is 4.79 Å². The molecule has 1 aromatic heterocycles. The van der Waals surface area contributed by atoms with Crippen LogP contribution in [0.1, 0.15) is 48.7 Å². The Kier molecular flexibility index (Phi) is 7.15. The van der Waals surface area contributed by atoms with Crippen LogP contribution in [0.5, 0.6) is 0 Å². The summed E-state index contributed by atoms with van der Waals surface area (Å²) in [7, 11) is 0. The van der Waals surface area contributed by atoms with Crippen LogP contribution in [0.3, 0.4) is 0 Å². The summed E-state index contributed by atoms with van der Waals surface area (Å²) in [6.07, 6.45) is 1.98. The number of hydrogen-bond donors (Lipinski definition) is 2. The Morgan fingerprint density at radius 3 is 2.58 bits per heavy atom. The molecule has 0 saturated carbocycles. The number of benzene rings is 1. The molecule has 0 unspecified atom stereocenters. The van der Waals surface area contributed by atoms with E-state index in [4.69, 9.17) is 4.74 Å². The quantitative estimate of drug-likeness (QED) is 0.672. The molecule has 1 heterocycles. The number of hydrogen-bond acceptors (Lipinski definition) is 4. The van der Waals surface area contributed by atoms with Crippen LogP contribution in [-0.2, 0) is 9.53 Å². The van der Waals surface area contributed by atoms with Crippen LogP contribution < -0.4 is 10.9 Å². The lowest BCUT2D eigenvalue weighted by atomic mass is 10.0. The van der Waals surface area contributed by atoms with Crippen LogP contribution >= 0.6 is 15.9 Å². The number of amides is 1. The van der Waals surface area contributed by atoms with Crippen molar-refractivity contribution in [3.63, 3.8) is 0 Å². The highest BCUT2D eigenvalue weighted by Gasteiger charge is 2.22. The Hall–Kier alpha value is -2.41. The van der Waals surface area contributed by atoms with Crippen LogP contribution in [0.4, 0.5) is 0 Å². The summed E-state index contributed by atoms with van der Waals surface area (Å²) in [4.78, 5) is 38.3. The minimum absolute atomic E-state index is 0.142. The molecule has 1 aromatic carbocycles. The Balaban J connectivity index is 2.02. The van der Waals surface area contributed by atoms with E-state index in [2.05, 4.69) is 26.2 Å². The summed E-state index contributed by atoms with van der Waals surface area (Å²) in [6, 6.07) is 10.9. The van der Waals surface area contributed by atoms with Gasteiger partial charge in [0, 0.05) is 6.20 Å². The van der Waals surface area contributed by atoms with Crippen LogP contribution in [0.15, 0.2) is 51.9 Å². The highest BCUT2D eigenvalue weighted by Crippen LogP contribution is 2.18. The lowest BCUT2D eigenvalue weighted by Crippen LogP contribution is -2.38. The molecule has 0 spiro atoms. The molecule has 0 radical (unpaired) electrons. The molecule has 0 bridgehead atoms. The Morgan fingerprint density at radius 1 is 1.27 bits per heavy atom. The van der Waals surface area contributed by atoms with Gasteiger partial charge in [-0.3, -0.25) is 9.59 Å². The normalized spacial score (nSPS) is 12.9. The summed E-state index contributed by atoms with van der Waals surface area (Å²) < 4.78 is 5.43. The Morgan fingerprint density at radius 2 is 1.96 bits per heavy atom. The third kappa shape index (κ3) is 5.29. The second-order valence-corrected chi connectivity index (χ2v) is 6.73. The first kappa shape index (κ1) is 19.9. The molecule has 0 fully saturated rings. The summed E-state index contributed by atoms with van der Waals surface area (Å²) in [5.74, 6) is -1.06. The van der Waals surface area contributed by atoms with Gasteiger partial charge in [0.25, 0.3) is 11.5 Å². The van der Waals surface area contributed by atoms with E-state index < -0.39 is 12.1 Å². The van der Waals surface area contributed by atoms with E-state index in [1.54, 1.807) is 0 Å². The van der Waals surface area contributed by atoms with Crippen molar-refractivity contribution in [2.45, 2.75) is 38.8 Å². The molecule has 6 nitrogen and oxygen atoms in total. The Bertz CT molecular complexity index is 820. The van der Waals surface area contributed by atoms with Crippen molar-refractivity contribution in [2.75, 3.05) is 0 Å². The molecule has 1 amide bonds. The minimum atomic E-state index is -0.962. The number of rotatable bonds is 7. The fraction of sp³-hybridized carbons (Fsp3) is 0.316. The van der Waals surface area contributed by atoms with Gasteiger partial charge in [0.2, 0.25) is 0 Å². The fourth-order valence-electron chi connectivity index (χ4n) is 2.44. The molecule has 7 heteroatoms. The maximum Gasteiger partial charge on any atom is 0.340 e. The minimum Gasteiger partial charge on any atom is -0.449 e. The average molecular weight is 421 g/mol. The molecular formula is C19H21BrN2O4. The number of ether oxygens (including phenoxy) is 1. The van der Waals surface area contributed by atoms with E-state index in [1.165, 1.54) is 19.2 Å². The first-order valence-electron chi connectivity index (χ1n) is 8.37. The second-order valence-electron chi connectivity index (χ2n) is 5.87. The first-order chi connectivity index (χ1) is 12.4. The van der Waals surface area contributed by atoms with E-state index in [0.29, 0.717) is 0 Å². The zero-order chi connectivity index (χ0) is 19.1. The molecular weight excluding hydrogens is 400 g/mol. The SMILES string of the molecule is CCC[C@H](NC(=O)[C@@H](C)OC(=O)c1c[nH]c(=O)c(Br)c1)c1ccccc1. The van der Waals surface area contributed by atoms with E-state index in [9.17, 15) is 14.4 Å². The van der Waals surface area contributed by atoms with Crippen LogP contribution in [0.2, 0.25) is 0 Å². The topological polar surface area (TPSA) is 88.3 Å². The number of carbonyl (C=O) groups excluding carboxylic acids is 2. The molecule has 0 aliphatic carbocycles. The van der Waals surface area contributed by atoms with E-state index >= 15 is 0 Å². The summed E-state index contributed by atoms with van der Waals surface area (Å²) >= 11 is 3.05. The van der Waals surface area contributed by atoms with Crippen LogP contribution in [0.25, 0.3) is 0 Å². The number of esters is 1. The van der Waals surface area contributed by atoms with Crippen molar-refractivity contribution in [2.24, 2.45) is 0 Å². The van der Waals surface area contributed by atoms with Gasteiger partial charge in [0.15, 0.2) is 6.10 Å². The number of aromatic amines is 1. The van der Waals surface area contributed by atoms with Gasteiger partial charge in [-0.05, 0) is 40.9 Å². The smallest absolute Gasteiger partial charge is 0.340 e. The van der Waals surface area contributed by atoms with Gasteiger partial charge in [-0.2, -0.15) is 0 Å². The predicted octanol–water partition coefficient (Wildman–Crippen LogP) is 3.34.